The number of hydrogen-bond donors (Lipinski definition) is 2. The van der Waals surface area contributed by atoms with E-state index in [2.05, 4.69) is 23.1 Å². The fraction of sp³-hybridized carbons (Fsp3) is 0.368. The Morgan fingerprint density at radius 3 is 2.61 bits per heavy atom. The topological polar surface area (TPSA) is 58.7 Å². The second-order valence-electron chi connectivity index (χ2n) is 6.41. The third-order valence-electron chi connectivity index (χ3n) is 4.96. The Bertz CT molecular complexity index is 656. The maximum Gasteiger partial charge on any atom is 0.143 e. The van der Waals surface area contributed by atoms with Crippen LogP contribution in [0.3, 0.4) is 0 Å². The van der Waals surface area contributed by atoms with Crippen LogP contribution in [0.5, 0.6) is 5.75 Å². The van der Waals surface area contributed by atoms with Gasteiger partial charge in [-0.05, 0) is 37.5 Å². The third kappa shape index (κ3) is 2.48. The summed E-state index contributed by atoms with van der Waals surface area (Å²) in [7, 11) is 0. The van der Waals surface area contributed by atoms with E-state index in [1.165, 1.54) is 0 Å². The Morgan fingerprint density at radius 1 is 1.00 bits per heavy atom. The molecule has 1 aliphatic carbocycles. The van der Waals surface area contributed by atoms with E-state index >= 15 is 0 Å². The molecule has 3 N–H and O–H groups in total. The second kappa shape index (κ2) is 5.87. The van der Waals surface area contributed by atoms with E-state index < -0.39 is 6.10 Å². The summed E-state index contributed by atoms with van der Waals surface area (Å²) < 4.78 is 6.00. The molecule has 0 saturated heterocycles. The van der Waals surface area contributed by atoms with Gasteiger partial charge in [-0.1, -0.05) is 30.3 Å². The first-order chi connectivity index (χ1) is 11.3. The molecule has 1 aliphatic heterocycles. The molecule has 2 aliphatic rings. The molecule has 4 heteroatoms. The SMILES string of the molecule is N[C@@H]1CCC[C@H](N2c3ccccc3COc3ccccc32)[C@H]1O. The molecule has 0 amide bonds. The monoisotopic (exact) mass is 310 g/mol. The van der Waals surface area contributed by atoms with E-state index in [1.807, 2.05) is 30.3 Å². The molecule has 3 atom stereocenters. The summed E-state index contributed by atoms with van der Waals surface area (Å²) in [6, 6.07) is 16.1. The Hall–Kier alpha value is -2.04. The second-order valence-corrected chi connectivity index (χ2v) is 6.41. The van der Waals surface area contributed by atoms with Crippen LogP contribution in [-0.4, -0.2) is 23.3 Å². The normalized spacial score (nSPS) is 26.7. The number of fused-ring (bicyclic) bond motifs is 2. The number of para-hydroxylation sites is 3. The fourth-order valence-electron chi connectivity index (χ4n) is 3.76. The summed E-state index contributed by atoms with van der Waals surface area (Å²) in [6.45, 7) is 0.540. The van der Waals surface area contributed by atoms with Crippen LogP contribution in [0.4, 0.5) is 11.4 Å². The minimum absolute atomic E-state index is 0.0252. The molecule has 1 heterocycles. The first kappa shape index (κ1) is 14.5. The maximum absolute atomic E-state index is 10.7. The molecule has 4 rings (SSSR count). The number of anilines is 2. The molecule has 1 saturated carbocycles. The van der Waals surface area contributed by atoms with Gasteiger partial charge < -0.3 is 20.5 Å². The predicted molar refractivity (Wildman–Crippen MR) is 91.0 cm³/mol. The van der Waals surface area contributed by atoms with Gasteiger partial charge in [0.25, 0.3) is 0 Å². The molecule has 23 heavy (non-hydrogen) atoms. The van der Waals surface area contributed by atoms with Gasteiger partial charge in [0.05, 0.1) is 17.8 Å². The Kier molecular flexibility index (Phi) is 3.71. The van der Waals surface area contributed by atoms with Gasteiger partial charge in [-0.3, -0.25) is 0 Å². The van der Waals surface area contributed by atoms with Gasteiger partial charge >= 0.3 is 0 Å². The van der Waals surface area contributed by atoms with Crippen LogP contribution in [0, 0.1) is 0 Å². The van der Waals surface area contributed by atoms with Crippen LogP contribution < -0.4 is 15.4 Å². The van der Waals surface area contributed by atoms with Crippen molar-refractivity contribution in [2.45, 2.75) is 44.1 Å². The van der Waals surface area contributed by atoms with Crippen molar-refractivity contribution < 1.29 is 9.84 Å². The van der Waals surface area contributed by atoms with Gasteiger partial charge in [0, 0.05) is 17.3 Å². The van der Waals surface area contributed by atoms with Crippen molar-refractivity contribution in [3.05, 3.63) is 54.1 Å². The lowest BCUT2D eigenvalue weighted by molar-refractivity contribution is 0.0878. The highest BCUT2D eigenvalue weighted by Crippen LogP contribution is 2.43. The summed E-state index contributed by atoms with van der Waals surface area (Å²) in [5, 5.41) is 10.7. The highest BCUT2D eigenvalue weighted by atomic mass is 16.5. The van der Waals surface area contributed by atoms with Crippen molar-refractivity contribution in [1.82, 2.24) is 0 Å². The van der Waals surface area contributed by atoms with Gasteiger partial charge in [-0.2, -0.15) is 0 Å². The lowest BCUT2D eigenvalue weighted by atomic mass is 9.86. The summed E-state index contributed by atoms with van der Waals surface area (Å²) in [6.07, 6.45) is 2.30. The fourth-order valence-corrected chi connectivity index (χ4v) is 3.76. The van der Waals surface area contributed by atoms with Crippen LogP contribution in [-0.2, 0) is 6.61 Å². The molecule has 0 radical (unpaired) electrons. The minimum atomic E-state index is -0.539. The number of benzene rings is 2. The number of rotatable bonds is 1. The standard InChI is InChI=1S/C19H22N2O2/c20-14-7-5-10-17(19(14)22)21-15-8-2-1-6-13(15)12-23-18-11-4-3-9-16(18)21/h1-4,6,8-9,11,14,17,19,22H,5,7,10,12,20H2/t14-,17+,19+/m1/s1. The lowest BCUT2D eigenvalue weighted by Gasteiger charge is -2.41. The summed E-state index contributed by atoms with van der Waals surface area (Å²) in [4.78, 5) is 2.24. The molecule has 1 fully saturated rings. The largest absolute Gasteiger partial charge is 0.487 e. The number of aliphatic hydroxyl groups is 1. The van der Waals surface area contributed by atoms with Crippen molar-refractivity contribution in [2.24, 2.45) is 5.73 Å². The van der Waals surface area contributed by atoms with Crippen LogP contribution in [0.1, 0.15) is 24.8 Å². The van der Waals surface area contributed by atoms with Gasteiger partial charge in [0.2, 0.25) is 0 Å². The average molecular weight is 310 g/mol. The first-order valence-electron chi connectivity index (χ1n) is 8.28. The highest BCUT2D eigenvalue weighted by Gasteiger charge is 2.37. The van der Waals surface area contributed by atoms with Crippen molar-refractivity contribution in [3.8, 4) is 5.75 Å². The van der Waals surface area contributed by atoms with Crippen LogP contribution in [0.2, 0.25) is 0 Å². The molecule has 4 nitrogen and oxygen atoms in total. The van der Waals surface area contributed by atoms with Gasteiger partial charge in [-0.25, -0.2) is 0 Å². The quantitative estimate of drug-likeness (QED) is 0.850. The number of aliphatic hydroxyl groups excluding tert-OH is 1. The minimum Gasteiger partial charge on any atom is -0.487 e. The summed E-state index contributed by atoms with van der Waals surface area (Å²) >= 11 is 0. The molecule has 0 spiro atoms. The molecule has 120 valence electrons. The Morgan fingerprint density at radius 2 is 1.74 bits per heavy atom. The van der Waals surface area contributed by atoms with Crippen molar-refractivity contribution in [3.63, 3.8) is 0 Å². The molecular weight excluding hydrogens is 288 g/mol. The lowest BCUT2D eigenvalue weighted by Crippen LogP contribution is -2.53. The maximum atomic E-state index is 10.7. The molecule has 2 aromatic carbocycles. The zero-order valence-electron chi connectivity index (χ0n) is 13.1. The first-order valence-corrected chi connectivity index (χ1v) is 8.28. The number of nitrogens with zero attached hydrogens (tertiary/aromatic N) is 1. The van der Waals surface area contributed by atoms with Crippen LogP contribution >= 0.6 is 0 Å². The smallest absolute Gasteiger partial charge is 0.143 e. The molecule has 2 aromatic rings. The number of nitrogens with two attached hydrogens (primary N) is 1. The highest BCUT2D eigenvalue weighted by molar-refractivity contribution is 5.73. The zero-order chi connectivity index (χ0) is 15.8. The molecule has 0 unspecified atom stereocenters. The summed E-state index contributed by atoms with van der Waals surface area (Å²) in [5.74, 6) is 0.857. The van der Waals surface area contributed by atoms with Crippen LogP contribution in [0.25, 0.3) is 0 Å². The number of hydrogen-bond acceptors (Lipinski definition) is 4. The van der Waals surface area contributed by atoms with Gasteiger partial charge in [-0.15, -0.1) is 0 Å². The van der Waals surface area contributed by atoms with E-state index in [0.717, 1.165) is 42.0 Å². The van der Waals surface area contributed by atoms with Crippen molar-refractivity contribution in [2.75, 3.05) is 4.90 Å². The van der Waals surface area contributed by atoms with E-state index in [0.29, 0.717) is 6.61 Å². The number of ether oxygens (including phenoxy) is 1. The Labute approximate surface area is 136 Å². The van der Waals surface area contributed by atoms with Gasteiger partial charge in [0.15, 0.2) is 0 Å². The predicted octanol–water partition coefficient (Wildman–Crippen LogP) is 2.96. The van der Waals surface area contributed by atoms with E-state index in [9.17, 15) is 5.11 Å². The molecule has 0 bridgehead atoms. The van der Waals surface area contributed by atoms with E-state index in [4.69, 9.17) is 10.5 Å². The van der Waals surface area contributed by atoms with Crippen molar-refractivity contribution >= 4 is 11.4 Å². The van der Waals surface area contributed by atoms with Gasteiger partial charge in [0.1, 0.15) is 12.4 Å². The van der Waals surface area contributed by atoms with E-state index in [1.54, 1.807) is 0 Å². The van der Waals surface area contributed by atoms with Crippen molar-refractivity contribution in [1.29, 1.82) is 0 Å². The Balaban J connectivity index is 1.86. The van der Waals surface area contributed by atoms with E-state index in [-0.39, 0.29) is 12.1 Å². The third-order valence-corrected chi connectivity index (χ3v) is 4.96. The molecule has 0 aromatic heterocycles. The molecular formula is C19H22N2O2. The van der Waals surface area contributed by atoms with Crippen LogP contribution in [0.15, 0.2) is 48.5 Å². The summed E-state index contributed by atoms with van der Waals surface area (Å²) in [5.41, 5.74) is 9.40. The zero-order valence-corrected chi connectivity index (χ0v) is 13.1. The average Bonchev–Trinajstić information content (AvgIpc) is 2.75.